The predicted molar refractivity (Wildman–Crippen MR) is 55.8 cm³/mol. The Morgan fingerprint density at radius 1 is 1.38 bits per heavy atom. The molecule has 1 heterocycles. The first kappa shape index (κ1) is 11.0. The highest BCUT2D eigenvalue weighted by Gasteiger charge is 2.20. The van der Waals surface area contributed by atoms with Gasteiger partial charge in [0.2, 0.25) is 0 Å². The van der Waals surface area contributed by atoms with E-state index >= 15 is 0 Å². The zero-order chi connectivity index (χ0) is 9.68. The summed E-state index contributed by atoms with van der Waals surface area (Å²) < 4.78 is 5.16. The molecule has 1 saturated heterocycles. The lowest BCUT2D eigenvalue weighted by Crippen LogP contribution is -2.40. The number of ether oxygens (including phenoxy) is 1. The Bertz CT molecular complexity index is 128. The molecule has 1 fully saturated rings. The fourth-order valence-electron chi connectivity index (χ4n) is 2.12. The van der Waals surface area contributed by atoms with Crippen LogP contribution < -0.4 is 5.32 Å². The second-order valence-electron chi connectivity index (χ2n) is 4.63. The Kier molecular flexibility index (Phi) is 4.74. The monoisotopic (exact) mass is 185 g/mol. The fraction of sp³-hybridized carbons (Fsp3) is 1.00. The molecule has 0 aromatic heterocycles. The maximum atomic E-state index is 5.16. The van der Waals surface area contributed by atoms with Crippen LogP contribution >= 0.6 is 0 Å². The molecule has 0 aliphatic carbocycles. The maximum Gasteiger partial charge on any atom is 0.0502 e. The topological polar surface area (TPSA) is 21.3 Å². The molecule has 78 valence electrons. The second-order valence-corrected chi connectivity index (χ2v) is 4.63. The molecule has 2 unspecified atom stereocenters. The number of nitrogens with one attached hydrogen (secondary N) is 1. The number of rotatable bonds is 4. The normalized spacial score (nSPS) is 29.5. The van der Waals surface area contributed by atoms with Gasteiger partial charge in [-0.2, -0.15) is 0 Å². The van der Waals surface area contributed by atoms with Gasteiger partial charge in [0, 0.05) is 19.7 Å². The lowest BCUT2D eigenvalue weighted by molar-refractivity contribution is 0.126. The highest BCUT2D eigenvalue weighted by Crippen LogP contribution is 2.18. The van der Waals surface area contributed by atoms with Crippen LogP contribution in [-0.4, -0.2) is 26.3 Å². The van der Waals surface area contributed by atoms with E-state index in [-0.39, 0.29) is 0 Å². The molecule has 0 radical (unpaired) electrons. The zero-order valence-corrected chi connectivity index (χ0v) is 9.18. The van der Waals surface area contributed by atoms with Crippen LogP contribution in [0.5, 0.6) is 0 Å². The van der Waals surface area contributed by atoms with Crippen molar-refractivity contribution in [1.29, 1.82) is 0 Å². The van der Waals surface area contributed by atoms with Gasteiger partial charge >= 0.3 is 0 Å². The highest BCUT2D eigenvalue weighted by molar-refractivity contribution is 4.78. The van der Waals surface area contributed by atoms with Crippen molar-refractivity contribution >= 4 is 0 Å². The number of piperidine rings is 1. The van der Waals surface area contributed by atoms with Crippen molar-refractivity contribution in [2.24, 2.45) is 11.8 Å². The van der Waals surface area contributed by atoms with E-state index < -0.39 is 0 Å². The summed E-state index contributed by atoms with van der Waals surface area (Å²) in [4.78, 5) is 0. The Balaban J connectivity index is 2.15. The van der Waals surface area contributed by atoms with E-state index in [2.05, 4.69) is 19.2 Å². The van der Waals surface area contributed by atoms with Crippen LogP contribution in [0.3, 0.4) is 0 Å². The second kappa shape index (κ2) is 5.61. The molecule has 0 spiro atoms. The van der Waals surface area contributed by atoms with Crippen LogP contribution in [0.1, 0.15) is 33.1 Å². The molecule has 0 amide bonds. The molecule has 1 N–H and O–H groups in total. The smallest absolute Gasteiger partial charge is 0.0502 e. The minimum atomic E-state index is 0.744. The van der Waals surface area contributed by atoms with Gasteiger partial charge in [-0.05, 0) is 31.1 Å². The van der Waals surface area contributed by atoms with Crippen molar-refractivity contribution in [3.8, 4) is 0 Å². The minimum Gasteiger partial charge on any atom is -0.384 e. The van der Waals surface area contributed by atoms with Crippen LogP contribution in [0.25, 0.3) is 0 Å². The molecule has 1 aliphatic rings. The van der Waals surface area contributed by atoms with Crippen molar-refractivity contribution in [3.05, 3.63) is 0 Å². The molecule has 0 aromatic rings. The molecule has 0 saturated carbocycles. The van der Waals surface area contributed by atoms with Gasteiger partial charge in [0.1, 0.15) is 0 Å². The van der Waals surface area contributed by atoms with Crippen LogP contribution in [0.15, 0.2) is 0 Å². The predicted octanol–water partition coefficient (Wildman–Crippen LogP) is 2.05. The minimum absolute atomic E-state index is 0.744. The summed E-state index contributed by atoms with van der Waals surface area (Å²) >= 11 is 0. The van der Waals surface area contributed by atoms with Crippen molar-refractivity contribution in [2.75, 3.05) is 20.3 Å². The summed E-state index contributed by atoms with van der Waals surface area (Å²) in [5.74, 6) is 1.56. The Labute approximate surface area is 82.0 Å². The molecule has 1 aliphatic heterocycles. The summed E-state index contributed by atoms with van der Waals surface area (Å²) in [6.45, 7) is 6.65. The summed E-state index contributed by atoms with van der Waals surface area (Å²) in [5.41, 5.74) is 0. The third kappa shape index (κ3) is 4.10. The molecule has 1 rings (SSSR count). The Hall–Kier alpha value is -0.0800. The Morgan fingerprint density at radius 3 is 2.62 bits per heavy atom. The van der Waals surface area contributed by atoms with E-state index in [0.29, 0.717) is 0 Å². The number of hydrogen-bond donors (Lipinski definition) is 1. The van der Waals surface area contributed by atoms with Crippen molar-refractivity contribution in [1.82, 2.24) is 5.32 Å². The van der Waals surface area contributed by atoms with Gasteiger partial charge in [-0.3, -0.25) is 0 Å². The lowest BCUT2D eigenvalue weighted by atomic mass is 9.91. The Morgan fingerprint density at radius 2 is 2.15 bits per heavy atom. The van der Waals surface area contributed by atoms with Gasteiger partial charge in [-0.15, -0.1) is 0 Å². The molecule has 0 aromatic carbocycles. The van der Waals surface area contributed by atoms with E-state index in [1.54, 1.807) is 7.11 Å². The first-order valence-corrected chi connectivity index (χ1v) is 5.44. The van der Waals surface area contributed by atoms with Crippen LogP contribution in [-0.2, 0) is 4.74 Å². The summed E-state index contributed by atoms with van der Waals surface area (Å²) in [5, 5.41) is 3.61. The fourth-order valence-corrected chi connectivity index (χ4v) is 2.12. The van der Waals surface area contributed by atoms with Gasteiger partial charge in [0.05, 0.1) is 6.61 Å². The van der Waals surface area contributed by atoms with E-state index in [0.717, 1.165) is 31.0 Å². The average Bonchev–Trinajstić information content (AvgIpc) is 2.08. The van der Waals surface area contributed by atoms with Crippen molar-refractivity contribution < 1.29 is 4.74 Å². The SMILES string of the molecule is COCC1CCC(CC(C)C)NC1. The number of hydrogen-bond acceptors (Lipinski definition) is 2. The standard InChI is InChI=1S/C11H23NO/c1-9(2)6-11-5-4-10(7-12-11)8-13-3/h9-12H,4-8H2,1-3H3. The zero-order valence-electron chi connectivity index (χ0n) is 9.18. The van der Waals surface area contributed by atoms with Gasteiger partial charge < -0.3 is 10.1 Å². The molecule has 0 bridgehead atoms. The van der Waals surface area contributed by atoms with Crippen LogP contribution in [0.2, 0.25) is 0 Å². The molecule has 2 nitrogen and oxygen atoms in total. The van der Waals surface area contributed by atoms with E-state index in [4.69, 9.17) is 4.74 Å². The first-order valence-electron chi connectivity index (χ1n) is 5.44. The summed E-state index contributed by atoms with van der Waals surface area (Å²) in [6, 6.07) is 0.758. The van der Waals surface area contributed by atoms with E-state index in [9.17, 15) is 0 Å². The molecule has 2 atom stereocenters. The number of methoxy groups -OCH3 is 1. The third-order valence-electron chi connectivity index (χ3n) is 2.78. The summed E-state index contributed by atoms with van der Waals surface area (Å²) in [6.07, 6.45) is 3.98. The highest BCUT2D eigenvalue weighted by atomic mass is 16.5. The quantitative estimate of drug-likeness (QED) is 0.723. The molecular formula is C11H23NO. The molecule has 2 heteroatoms. The van der Waals surface area contributed by atoms with Gasteiger partial charge in [-0.1, -0.05) is 13.8 Å². The van der Waals surface area contributed by atoms with Crippen molar-refractivity contribution in [2.45, 2.75) is 39.2 Å². The van der Waals surface area contributed by atoms with Gasteiger partial charge in [0.25, 0.3) is 0 Å². The summed E-state index contributed by atoms with van der Waals surface area (Å²) in [7, 11) is 1.79. The largest absolute Gasteiger partial charge is 0.384 e. The average molecular weight is 185 g/mol. The van der Waals surface area contributed by atoms with Crippen LogP contribution in [0.4, 0.5) is 0 Å². The molecular weight excluding hydrogens is 162 g/mol. The van der Waals surface area contributed by atoms with E-state index in [1.165, 1.54) is 19.3 Å². The van der Waals surface area contributed by atoms with Gasteiger partial charge in [-0.25, -0.2) is 0 Å². The van der Waals surface area contributed by atoms with Crippen LogP contribution in [0, 0.1) is 11.8 Å². The first-order chi connectivity index (χ1) is 6.22. The van der Waals surface area contributed by atoms with E-state index in [1.807, 2.05) is 0 Å². The van der Waals surface area contributed by atoms with Crippen molar-refractivity contribution in [3.63, 3.8) is 0 Å². The molecule has 13 heavy (non-hydrogen) atoms. The lowest BCUT2D eigenvalue weighted by Gasteiger charge is -2.30. The van der Waals surface area contributed by atoms with Gasteiger partial charge in [0.15, 0.2) is 0 Å². The third-order valence-corrected chi connectivity index (χ3v) is 2.78. The maximum absolute atomic E-state index is 5.16.